The zero-order valence-corrected chi connectivity index (χ0v) is 21.5. The number of para-hydroxylation sites is 1. The van der Waals surface area contributed by atoms with Gasteiger partial charge in [0.25, 0.3) is 5.91 Å². The van der Waals surface area contributed by atoms with Crippen LogP contribution in [0.15, 0.2) is 47.4 Å². The third-order valence-electron chi connectivity index (χ3n) is 6.13. The summed E-state index contributed by atoms with van der Waals surface area (Å²) in [6.07, 6.45) is 3.55. The highest BCUT2D eigenvalue weighted by Crippen LogP contribution is 2.32. The lowest BCUT2D eigenvalue weighted by molar-refractivity contribution is 0.0917. The second-order valence-corrected chi connectivity index (χ2v) is 11.7. The van der Waals surface area contributed by atoms with Gasteiger partial charge in [-0.2, -0.15) is 0 Å². The van der Waals surface area contributed by atoms with Gasteiger partial charge in [-0.3, -0.25) is 9.69 Å². The normalized spacial score (nSPS) is 16.4. The lowest BCUT2D eigenvalue weighted by Gasteiger charge is -2.23. The molecule has 182 valence electrons. The molecule has 1 amide bonds. The van der Waals surface area contributed by atoms with Crippen molar-refractivity contribution in [1.82, 2.24) is 9.29 Å². The first-order chi connectivity index (χ1) is 16.3. The lowest BCUT2D eigenvalue weighted by atomic mass is 10.2. The van der Waals surface area contributed by atoms with E-state index in [0.29, 0.717) is 30.4 Å². The van der Waals surface area contributed by atoms with Crippen LogP contribution in [0, 0.1) is 6.92 Å². The Morgan fingerprint density at radius 3 is 2.62 bits per heavy atom. The minimum Gasteiger partial charge on any atom is -0.376 e. The number of amides is 1. The molecule has 1 saturated heterocycles. The average molecular weight is 502 g/mol. The van der Waals surface area contributed by atoms with Crippen LogP contribution in [0.2, 0.25) is 0 Å². The van der Waals surface area contributed by atoms with Crippen LogP contribution in [0.5, 0.6) is 0 Å². The molecule has 0 spiro atoms. The molecule has 2 aromatic carbocycles. The molecule has 3 aromatic rings. The first-order valence-corrected chi connectivity index (χ1v) is 13.9. The Hall–Kier alpha value is -2.33. The van der Waals surface area contributed by atoms with E-state index in [1.165, 1.54) is 27.8 Å². The van der Waals surface area contributed by atoms with E-state index >= 15 is 0 Å². The molecule has 0 bridgehead atoms. The lowest BCUT2D eigenvalue weighted by Crippen LogP contribution is -2.37. The largest absolute Gasteiger partial charge is 0.376 e. The molecule has 7 nitrogen and oxygen atoms in total. The summed E-state index contributed by atoms with van der Waals surface area (Å²) in [6, 6.07) is 12.2. The first kappa shape index (κ1) is 24.8. The topological polar surface area (TPSA) is 79.8 Å². The van der Waals surface area contributed by atoms with Crippen LogP contribution >= 0.6 is 11.3 Å². The number of aryl methyl sites for hydroxylation is 1. The minimum atomic E-state index is -3.59. The molecule has 9 heteroatoms. The molecule has 2 heterocycles. The van der Waals surface area contributed by atoms with Crippen LogP contribution < -0.4 is 4.90 Å². The van der Waals surface area contributed by atoms with Crippen LogP contribution in [0.25, 0.3) is 10.2 Å². The summed E-state index contributed by atoms with van der Waals surface area (Å²) in [4.78, 5) is 20.2. The SMILES string of the molecule is CCCCN(C)S(=O)(=O)c1ccc(C(=O)N(CC2CCCO2)c2nc3c(C)cccc3s2)cc1. The zero-order valence-electron chi connectivity index (χ0n) is 19.9. The molecule has 4 rings (SSSR count). The number of anilines is 1. The van der Waals surface area contributed by atoms with E-state index in [1.54, 1.807) is 24.1 Å². The zero-order chi connectivity index (χ0) is 24.3. The fourth-order valence-electron chi connectivity index (χ4n) is 4.04. The van der Waals surface area contributed by atoms with Gasteiger partial charge in [-0.1, -0.05) is 36.8 Å². The van der Waals surface area contributed by atoms with Crippen molar-refractivity contribution >= 4 is 42.6 Å². The molecule has 0 N–H and O–H groups in total. The number of nitrogens with zero attached hydrogens (tertiary/aromatic N) is 3. The predicted octanol–water partition coefficient (Wildman–Crippen LogP) is 4.85. The number of fused-ring (bicyclic) bond motifs is 1. The van der Waals surface area contributed by atoms with Crippen LogP contribution in [0.3, 0.4) is 0 Å². The summed E-state index contributed by atoms with van der Waals surface area (Å²) in [5.74, 6) is -0.213. The van der Waals surface area contributed by atoms with Gasteiger partial charge in [0.05, 0.1) is 27.8 Å². The smallest absolute Gasteiger partial charge is 0.260 e. The Morgan fingerprint density at radius 1 is 1.21 bits per heavy atom. The number of benzene rings is 2. The number of hydrogen-bond donors (Lipinski definition) is 0. The van der Waals surface area contributed by atoms with E-state index in [9.17, 15) is 13.2 Å². The molecule has 0 saturated carbocycles. The highest BCUT2D eigenvalue weighted by Gasteiger charge is 2.28. The Balaban J connectivity index is 1.62. The number of hydrogen-bond acceptors (Lipinski definition) is 6. The number of carbonyl (C=O) groups excluding carboxylic acids is 1. The van der Waals surface area contributed by atoms with Gasteiger partial charge in [0.1, 0.15) is 0 Å². The maximum absolute atomic E-state index is 13.6. The van der Waals surface area contributed by atoms with E-state index < -0.39 is 10.0 Å². The van der Waals surface area contributed by atoms with E-state index in [1.807, 2.05) is 32.0 Å². The van der Waals surface area contributed by atoms with Crippen molar-refractivity contribution in [3.05, 3.63) is 53.6 Å². The van der Waals surface area contributed by atoms with E-state index in [2.05, 4.69) is 0 Å². The van der Waals surface area contributed by atoms with Gasteiger partial charge in [-0.15, -0.1) is 0 Å². The number of carbonyl (C=O) groups is 1. The van der Waals surface area contributed by atoms with Crippen molar-refractivity contribution in [3.63, 3.8) is 0 Å². The third-order valence-corrected chi connectivity index (χ3v) is 9.05. The number of unbranched alkanes of at least 4 members (excludes halogenated alkanes) is 1. The van der Waals surface area contributed by atoms with Gasteiger partial charge >= 0.3 is 0 Å². The van der Waals surface area contributed by atoms with E-state index in [-0.39, 0.29) is 16.9 Å². The number of aromatic nitrogens is 1. The molecule has 34 heavy (non-hydrogen) atoms. The summed E-state index contributed by atoms with van der Waals surface area (Å²) < 4.78 is 33.9. The average Bonchev–Trinajstić information content (AvgIpc) is 3.51. The van der Waals surface area contributed by atoms with Crippen molar-refractivity contribution in [1.29, 1.82) is 0 Å². The molecule has 1 fully saturated rings. The third kappa shape index (κ3) is 5.17. The van der Waals surface area contributed by atoms with E-state index in [4.69, 9.17) is 9.72 Å². The van der Waals surface area contributed by atoms with Gasteiger partial charge in [-0.25, -0.2) is 17.7 Å². The minimum absolute atomic E-state index is 0.0380. The Labute approximate surface area is 205 Å². The van der Waals surface area contributed by atoms with Gasteiger partial charge in [0.2, 0.25) is 10.0 Å². The van der Waals surface area contributed by atoms with E-state index in [0.717, 1.165) is 41.5 Å². The molecule has 1 aliphatic heterocycles. The van der Waals surface area contributed by atoms with Gasteiger partial charge in [0, 0.05) is 25.8 Å². The molecule has 1 aliphatic rings. The molecular weight excluding hydrogens is 470 g/mol. The van der Waals surface area contributed by atoms with Crippen LogP contribution in [0.4, 0.5) is 5.13 Å². The molecule has 0 aliphatic carbocycles. The highest BCUT2D eigenvalue weighted by molar-refractivity contribution is 7.89. The van der Waals surface area contributed by atoms with Gasteiger partial charge < -0.3 is 4.74 Å². The van der Waals surface area contributed by atoms with Crippen molar-refractivity contribution in [2.24, 2.45) is 0 Å². The van der Waals surface area contributed by atoms with Crippen molar-refractivity contribution in [2.75, 3.05) is 31.6 Å². The number of thiazole rings is 1. The maximum Gasteiger partial charge on any atom is 0.260 e. The molecule has 1 aromatic heterocycles. The summed E-state index contributed by atoms with van der Waals surface area (Å²) in [6.45, 7) is 5.61. The van der Waals surface area contributed by atoms with Crippen molar-refractivity contribution < 1.29 is 17.9 Å². The predicted molar refractivity (Wildman–Crippen MR) is 136 cm³/mol. The second kappa shape index (κ2) is 10.5. The van der Waals surface area contributed by atoms with Crippen LogP contribution in [-0.4, -0.2) is 56.5 Å². The summed E-state index contributed by atoms with van der Waals surface area (Å²) in [5, 5.41) is 0.626. The fourth-order valence-corrected chi connectivity index (χ4v) is 6.30. The molecule has 1 atom stereocenters. The van der Waals surface area contributed by atoms with Crippen molar-refractivity contribution in [3.8, 4) is 0 Å². The maximum atomic E-state index is 13.6. The van der Waals surface area contributed by atoms with Gasteiger partial charge in [0.15, 0.2) is 5.13 Å². The number of ether oxygens (including phenoxy) is 1. The van der Waals surface area contributed by atoms with Gasteiger partial charge in [-0.05, 0) is 62.1 Å². The summed E-state index contributed by atoms with van der Waals surface area (Å²) in [7, 11) is -2.00. The Morgan fingerprint density at radius 2 is 1.97 bits per heavy atom. The summed E-state index contributed by atoms with van der Waals surface area (Å²) >= 11 is 1.48. The Bertz CT molecular complexity index is 1250. The first-order valence-electron chi connectivity index (χ1n) is 11.7. The molecule has 1 unspecified atom stereocenters. The standard InChI is InChI=1S/C25H31N3O4S2/c1-4-5-15-27(3)34(30,31)21-13-11-19(12-14-21)24(29)28(17-20-9-7-16-32-20)25-26-23-18(2)8-6-10-22(23)33-25/h6,8,10-14,20H,4-5,7,9,15-17H2,1-3H3. The fraction of sp³-hybridized carbons (Fsp3) is 0.440. The second-order valence-electron chi connectivity index (χ2n) is 8.67. The van der Waals surface area contributed by atoms with Crippen LogP contribution in [0.1, 0.15) is 48.5 Å². The molecule has 0 radical (unpaired) electrons. The monoisotopic (exact) mass is 501 g/mol. The van der Waals surface area contributed by atoms with Crippen LogP contribution in [-0.2, 0) is 14.8 Å². The highest BCUT2D eigenvalue weighted by atomic mass is 32.2. The number of rotatable bonds is 9. The Kier molecular flexibility index (Phi) is 7.67. The quantitative estimate of drug-likeness (QED) is 0.419. The molecular formula is C25H31N3O4S2. The number of sulfonamides is 1. The van der Waals surface area contributed by atoms with Crippen molar-refractivity contribution in [2.45, 2.75) is 50.5 Å². The summed E-state index contributed by atoms with van der Waals surface area (Å²) in [5.41, 5.74) is 2.37.